The third-order valence-electron chi connectivity index (χ3n) is 8.40. The van der Waals surface area contributed by atoms with Crippen molar-refractivity contribution < 1.29 is 51.3 Å². The first-order valence-electron chi connectivity index (χ1n) is 16.0. The summed E-state index contributed by atoms with van der Waals surface area (Å²) in [6.07, 6.45) is -2.06. The number of aromatic nitrogens is 1. The molecule has 0 aliphatic carbocycles. The second-order valence-electron chi connectivity index (χ2n) is 12.6. The van der Waals surface area contributed by atoms with Gasteiger partial charge in [0.2, 0.25) is 16.8 Å². The summed E-state index contributed by atoms with van der Waals surface area (Å²) in [6, 6.07) is 12.5. The molecule has 0 radical (unpaired) electrons. The maximum Gasteiger partial charge on any atom is 0.407 e. The first-order valence-corrected chi connectivity index (χ1v) is 17.4. The van der Waals surface area contributed by atoms with Crippen molar-refractivity contribution >= 4 is 16.1 Å². The van der Waals surface area contributed by atoms with Crippen LogP contribution in [0.2, 0.25) is 0 Å². The summed E-state index contributed by atoms with van der Waals surface area (Å²) in [5, 5.41) is 18.4. The highest BCUT2D eigenvalue weighted by Crippen LogP contribution is 2.35. The first-order chi connectivity index (χ1) is 23.0. The second-order valence-corrected chi connectivity index (χ2v) is 14.5. The molecule has 0 bridgehead atoms. The number of aliphatic hydroxyl groups excluding tert-OH is 1. The minimum absolute atomic E-state index is 0.00646. The Balaban J connectivity index is 1.18. The van der Waals surface area contributed by atoms with Crippen molar-refractivity contribution in [3.05, 3.63) is 65.5 Å². The van der Waals surface area contributed by atoms with E-state index in [0.29, 0.717) is 41.7 Å². The number of hydrogen-bond acceptors (Lipinski definition) is 12. The number of aliphatic hydroxyl groups is 1. The van der Waals surface area contributed by atoms with Crippen LogP contribution in [0.15, 0.2) is 57.9 Å². The molecular formula is C33H41N3O11S. The van der Waals surface area contributed by atoms with Gasteiger partial charge in [0.15, 0.2) is 17.8 Å². The van der Waals surface area contributed by atoms with Crippen LogP contribution in [-0.4, -0.2) is 86.7 Å². The topological polar surface area (TPSA) is 168 Å². The van der Waals surface area contributed by atoms with Crippen molar-refractivity contribution in [2.75, 3.05) is 33.1 Å². The van der Waals surface area contributed by atoms with E-state index >= 15 is 0 Å². The Hall–Kier alpha value is -3.89. The summed E-state index contributed by atoms with van der Waals surface area (Å²) in [5.74, 6) is 1.94. The number of nitrogens with zero attached hydrogens (tertiary/aromatic N) is 2. The summed E-state index contributed by atoms with van der Waals surface area (Å²) in [5.41, 5.74) is 1.43. The van der Waals surface area contributed by atoms with E-state index in [9.17, 15) is 18.3 Å². The lowest BCUT2D eigenvalue weighted by Crippen LogP contribution is -2.51. The number of sulfonamides is 1. The lowest BCUT2D eigenvalue weighted by molar-refractivity contribution is -0.0907. The molecule has 5 unspecified atom stereocenters. The molecule has 3 aliphatic heterocycles. The van der Waals surface area contributed by atoms with Crippen LogP contribution in [0.4, 0.5) is 4.79 Å². The molecule has 2 saturated heterocycles. The SMILES string of the molecule is Cc1cc(COc2ccc(CC(NC(=O)OC3COC4OCCC34)C(O)CN(CC(C)C)S(=O)(=O)c3ccc4c(c3)OCO4)cc2)no1. The Morgan fingerprint density at radius 1 is 1.08 bits per heavy atom. The van der Waals surface area contributed by atoms with Crippen molar-refractivity contribution in [3.8, 4) is 17.2 Å². The lowest BCUT2D eigenvalue weighted by Gasteiger charge is -2.31. The van der Waals surface area contributed by atoms with Crippen LogP contribution in [0, 0.1) is 18.8 Å². The smallest absolute Gasteiger partial charge is 0.407 e. The van der Waals surface area contributed by atoms with Crippen LogP contribution in [0.5, 0.6) is 17.2 Å². The van der Waals surface area contributed by atoms with Gasteiger partial charge < -0.3 is 43.4 Å². The molecule has 14 nitrogen and oxygen atoms in total. The number of rotatable bonds is 14. The summed E-state index contributed by atoms with van der Waals surface area (Å²) >= 11 is 0. The van der Waals surface area contributed by atoms with Crippen molar-refractivity contribution in [1.82, 2.24) is 14.8 Å². The fourth-order valence-electron chi connectivity index (χ4n) is 5.97. The van der Waals surface area contributed by atoms with Crippen LogP contribution >= 0.6 is 0 Å². The lowest BCUT2D eigenvalue weighted by atomic mass is 10.0. The molecule has 0 spiro atoms. The zero-order chi connectivity index (χ0) is 33.8. The normalized spacial score (nSPS) is 21.3. The molecule has 2 fully saturated rings. The van der Waals surface area contributed by atoms with E-state index < -0.39 is 40.7 Å². The van der Waals surface area contributed by atoms with E-state index in [1.165, 1.54) is 16.4 Å². The minimum atomic E-state index is -4.07. The van der Waals surface area contributed by atoms with Gasteiger partial charge in [-0.2, -0.15) is 4.31 Å². The van der Waals surface area contributed by atoms with Crippen LogP contribution in [0.25, 0.3) is 0 Å². The Morgan fingerprint density at radius 3 is 2.62 bits per heavy atom. The Bertz CT molecular complexity index is 1660. The Morgan fingerprint density at radius 2 is 1.88 bits per heavy atom. The standard InChI is InChI=1S/C33H41N3O11S/c1-20(2)15-36(48(39,40)25-8-9-29-30(14-25)45-19-44-29)16-28(37)27(34-33(38)46-31-18-43-32-26(31)10-11-41-32)13-22-4-6-24(7-5-22)42-17-23-12-21(3)47-35-23/h4-9,12,14,20,26-28,31-32,37H,10-11,13,15-19H2,1-3H3,(H,34,38). The van der Waals surface area contributed by atoms with Gasteiger partial charge in [-0.25, -0.2) is 13.2 Å². The van der Waals surface area contributed by atoms with Crippen LogP contribution in [0.3, 0.4) is 0 Å². The van der Waals surface area contributed by atoms with Gasteiger partial charge in [-0.1, -0.05) is 31.1 Å². The van der Waals surface area contributed by atoms with E-state index in [-0.39, 0.29) is 56.2 Å². The van der Waals surface area contributed by atoms with E-state index in [1.54, 1.807) is 31.2 Å². The highest BCUT2D eigenvalue weighted by atomic mass is 32.2. The van der Waals surface area contributed by atoms with Gasteiger partial charge >= 0.3 is 6.09 Å². The molecule has 2 aromatic carbocycles. The number of amides is 1. The fraction of sp³-hybridized carbons (Fsp3) is 0.515. The van der Waals surface area contributed by atoms with Crippen molar-refractivity contribution in [1.29, 1.82) is 0 Å². The maximum absolute atomic E-state index is 13.9. The molecule has 1 amide bonds. The molecule has 1 aromatic heterocycles. The average molecular weight is 688 g/mol. The van der Waals surface area contributed by atoms with Gasteiger partial charge in [0.05, 0.1) is 36.2 Å². The largest absolute Gasteiger partial charge is 0.487 e. The predicted octanol–water partition coefficient (Wildman–Crippen LogP) is 3.40. The van der Waals surface area contributed by atoms with E-state index in [1.807, 2.05) is 26.0 Å². The number of carbonyl (C=O) groups excluding carboxylic acids is 1. The average Bonchev–Trinajstić information content (AvgIpc) is 3.86. The number of hydrogen-bond donors (Lipinski definition) is 2. The summed E-state index contributed by atoms with van der Waals surface area (Å²) in [7, 11) is -4.07. The number of ether oxygens (including phenoxy) is 6. The molecule has 4 heterocycles. The molecule has 260 valence electrons. The van der Waals surface area contributed by atoms with Crippen molar-refractivity contribution in [2.45, 2.75) is 69.7 Å². The van der Waals surface area contributed by atoms with Gasteiger partial charge in [-0.15, -0.1) is 0 Å². The van der Waals surface area contributed by atoms with E-state index in [4.69, 9.17) is 32.9 Å². The van der Waals surface area contributed by atoms with Gasteiger partial charge in [0.25, 0.3) is 0 Å². The van der Waals surface area contributed by atoms with Crippen LogP contribution in [-0.2, 0) is 37.3 Å². The molecule has 6 rings (SSSR count). The van der Waals surface area contributed by atoms with Crippen LogP contribution in [0.1, 0.15) is 37.3 Å². The summed E-state index contributed by atoms with van der Waals surface area (Å²) < 4.78 is 67.5. The minimum Gasteiger partial charge on any atom is -0.487 e. The third kappa shape index (κ3) is 8.04. The number of nitrogens with one attached hydrogen (secondary N) is 1. The number of alkyl carbamates (subject to hydrolysis) is 1. The third-order valence-corrected chi connectivity index (χ3v) is 10.2. The number of carbonyl (C=O) groups is 1. The Kier molecular flexibility index (Phi) is 10.4. The number of fused-ring (bicyclic) bond motifs is 2. The Labute approximate surface area is 279 Å². The fourth-order valence-corrected chi connectivity index (χ4v) is 7.61. The van der Waals surface area contributed by atoms with Gasteiger partial charge in [0.1, 0.15) is 29.9 Å². The number of aryl methyl sites for hydroxylation is 1. The van der Waals surface area contributed by atoms with Gasteiger partial charge in [-0.05, 0) is 55.5 Å². The van der Waals surface area contributed by atoms with Gasteiger partial charge in [-0.3, -0.25) is 0 Å². The molecule has 0 saturated carbocycles. The molecule has 3 aliphatic rings. The summed E-state index contributed by atoms with van der Waals surface area (Å²) in [4.78, 5) is 13.2. The first kappa shape index (κ1) is 34.0. The predicted molar refractivity (Wildman–Crippen MR) is 169 cm³/mol. The maximum atomic E-state index is 13.9. The monoisotopic (exact) mass is 687 g/mol. The quantitative estimate of drug-likeness (QED) is 0.254. The zero-order valence-electron chi connectivity index (χ0n) is 27.1. The van der Waals surface area contributed by atoms with Gasteiger partial charge in [0, 0.05) is 25.2 Å². The molecule has 5 atom stereocenters. The molecule has 15 heteroatoms. The highest BCUT2D eigenvalue weighted by molar-refractivity contribution is 7.89. The second kappa shape index (κ2) is 14.7. The number of benzene rings is 2. The molecule has 3 aromatic rings. The van der Waals surface area contributed by atoms with E-state index in [0.717, 1.165) is 5.56 Å². The molecular weight excluding hydrogens is 646 g/mol. The van der Waals surface area contributed by atoms with Crippen molar-refractivity contribution in [3.63, 3.8) is 0 Å². The van der Waals surface area contributed by atoms with Crippen molar-refractivity contribution in [2.24, 2.45) is 11.8 Å². The molecule has 2 N–H and O–H groups in total. The van der Waals surface area contributed by atoms with E-state index in [2.05, 4.69) is 10.5 Å². The zero-order valence-corrected chi connectivity index (χ0v) is 27.9. The highest BCUT2D eigenvalue weighted by Gasteiger charge is 2.44. The summed E-state index contributed by atoms with van der Waals surface area (Å²) in [6.45, 7) is 6.39. The molecule has 48 heavy (non-hydrogen) atoms. The van der Waals surface area contributed by atoms with Crippen LogP contribution < -0.4 is 19.5 Å².